The van der Waals surface area contributed by atoms with Crippen molar-refractivity contribution in [3.63, 3.8) is 0 Å². The highest BCUT2D eigenvalue weighted by atomic mass is 19.4. The van der Waals surface area contributed by atoms with E-state index in [-0.39, 0.29) is 6.42 Å². The summed E-state index contributed by atoms with van der Waals surface area (Å²) in [5.41, 5.74) is 0. The highest BCUT2D eigenvalue weighted by Gasteiger charge is 2.46. The fraction of sp³-hybridized carbons (Fsp3) is 1.00. The first kappa shape index (κ1) is 13.8. The molecule has 1 N–H and O–H groups in total. The molecule has 96 valence electrons. The van der Waals surface area contributed by atoms with Gasteiger partial charge in [-0.25, -0.2) is 0 Å². The van der Waals surface area contributed by atoms with Gasteiger partial charge < -0.3 is 10.2 Å². The molecule has 1 saturated heterocycles. The van der Waals surface area contributed by atoms with E-state index in [1.807, 2.05) is 11.9 Å². The van der Waals surface area contributed by atoms with E-state index >= 15 is 0 Å². The maximum atomic E-state index is 12.7. The van der Waals surface area contributed by atoms with Crippen molar-refractivity contribution in [2.45, 2.75) is 38.4 Å². The number of nitrogens with one attached hydrogen (secondary N) is 1. The van der Waals surface area contributed by atoms with Crippen LogP contribution in [0.2, 0.25) is 0 Å². The lowest BCUT2D eigenvalue weighted by molar-refractivity contribution is -0.177. The van der Waals surface area contributed by atoms with Gasteiger partial charge in [-0.2, -0.15) is 13.2 Å². The molecule has 1 fully saturated rings. The minimum atomic E-state index is -4.06. The average Bonchev–Trinajstić information content (AvgIpc) is 2.62. The molecule has 1 heterocycles. The molecule has 2 nitrogen and oxygen atoms in total. The molecule has 5 heteroatoms. The van der Waals surface area contributed by atoms with Crippen LogP contribution in [0.5, 0.6) is 0 Å². The van der Waals surface area contributed by atoms with Gasteiger partial charge in [0.2, 0.25) is 0 Å². The van der Waals surface area contributed by atoms with Gasteiger partial charge in [0.25, 0.3) is 0 Å². The molecule has 0 bridgehead atoms. The summed E-state index contributed by atoms with van der Waals surface area (Å²) in [7, 11) is 1.89. The molecule has 0 saturated carbocycles. The van der Waals surface area contributed by atoms with Crippen LogP contribution in [-0.2, 0) is 0 Å². The molecule has 0 aliphatic carbocycles. The Labute approximate surface area is 95.2 Å². The number of hydrogen-bond donors (Lipinski definition) is 1. The Kier molecular flexibility index (Phi) is 5.05. The van der Waals surface area contributed by atoms with E-state index in [2.05, 4.69) is 12.2 Å². The number of hydrogen-bond acceptors (Lipinski definition) is 2. The Hall–Kier alpha value is -0.290. The lowest BCUT2D eigenvalue weighted by Gasteiger charge is -2.26. The van der Waals surface area contributed by atoms with E-state index in [9.17, 15) is 13.2 Å². The smallest absolute Gasteiger partial charge is 0.312 e. The lowest BCUT2D eigenvalue weighted by atomic mass is 10.00. The van der Waals surface area contributed by atoms with E-state index in [0.29, 0.717) is 13.1 Å². The van der Waals surface area contributed by atoms with Gasteiger partial charge in [-0.3, -0.25) is 0 Å². The first-order chi connectivity index (χ1) is 7.45. The van der Waals surface area contributed by atoms with Crippen LogP contribution in [-0.4, -0.2) is 43.8 Å². The van der Waals surface area contributed by atoms with Gasteiger partial charge in [-0.05, 0) is 33.0 Å². The molecule has 2 atom stereocenters. The fourth-order valence-electron chi connectivity index (χ4n) is 2.21. The molecule has 0 aromatic rings. The zero-order valence-electron chi connectivity index (χ0n) is 9.98. The maximum Gasteiger partial charge on any atom is 0.393 e. The van der Waals surface area contributed by atoms with Crippen molar-refractivity contribution in [1.29, 1.82) is 0 Å². The normalized spacial score (nSPS) is 26.6. The Balaban J connectivity index is 2.40. The molecule has 1 aliphatic heterocycles. The first-order valence-corrected chi connectivity index (χ1v) is 5.93. The van der Waals surface area contributed by atoms with Crippen molar-refractivity contribution in [2.24, 2.45) is 5.92 Å². The minimum Gasteiger partial charge on any atom is -0.312 e. The van der Waals surface area contributed by atoms with Crippen LogP contribution in [0.1, 0.15) is 26.2 Å². The lowest BCUT2D eigenvalue weighted by Crippen LogP contribution is -2.43. The van der Waals surface area contributed by atoms with Gasteiger partial charge in [0.15, 0.2) is 0 Å². The van der Waals surface area contributed by atoms with Gasteiger partial charge in [0.1, 0.15) is 0 Å². The van der Waals surface area contributed by atoms with Crippen LogP contribution >= 0.6 is 0 Å². The predicted octanol–water partition coefficient (Wildman–Crippen LogP) is 2.26. The zero-order valence-corrected chi connectivity index (χ0v) is 9.98. The third-order valence-corrected chi connectivity index (χ3v) is 3.17. The number of likely N-dealkylation sites (N-methyl/N-ethyl adjacent to an activating group) is 1. The molecule has 2 unspecified atom stereocenters. The van der Waals surface area contributed by atoms with Crippen LogP contribution in [0.25, 0.3) is 0 Å². The Morgan fingerprint density at radius 2 is 2.06 bits per heavy atom. The van der Waals surface area contributed by atoms with Gasteiger partial charge in [0.05, 0.1) is 5.92 Å². The molecule has 1 rings (SSSR count). The van der Waals surface area contributed by atoms with Crippen molar-refractivity contribution >= 4 is 0 Å². The van der Waals surface area contributed by atoms with E-state index < -0.39 is 18.1 Å². The summed E-state index contributed by atoms with van der Waals surface area (Å²) >= 11 is 0. The van der Waals surface area contributed by atoms with Gasteiger partial charge >= 0.3 is 6.18 Å². The Morgan fingerprint density at radius 3 is 2.62 bits per heavy atom. The van der Waals surface area contributed by atoms with E-state index in [0.717, 1.165) is 19.4 Å². The number of unbranched alkanes of at least 4 members (excludes halogenated alkanes) is 1. The van der Waals surface area contributed by atoms with E-state index in [1.165, 1.54) is 0 Å². The van der Waals surface area contributed by atoms with Crippen molar-refractivity contribution < 1.29 is 13.2 Å². The number of alkyl halides is 3. The van der Waals surface area contributed by atoms with Crippen LogP contribution in [0.4, 0.5) is 13.2 Å². The fourth-order valence-corrected chi connectivity index (χ4v) is 2.21. The third kappa shape index (κ3) is 3.94. The number of rotatable bonds is 5. The van der Waals surface area contributed by atoms with Crippen molar-refractivity contribution in [2.75, 3.05) is 26.7 Å². The average molecular weight is 238 g/mol. The Morgan fingerprint density at radius 1 is 1.38 bits per heavy atom. The molecule has 0 aromatic heterocycles. The molecular formula is C11H21F3N2. The molecule has 0 spiro atoms. The number of halogens is 3. The highest BCUT2D eigenvalue weighted by molar-refractivity contribution is 4.89. The van der Waals surface area contributed by atoms with Crippen LogP contribution in [0, 0.1) is 5.92 Å². The largest absolute Gasteiger partial charge is 0.393 e. The molecule has 16 heavy (non-hydrogen) atoms. The van der Waals surface area contributed by atoms with Gasteiger partial charge in [-0.15, -0.1) is 0 Å². The Bertz CT molecular complexity index is 206. The van der Waals surface area contributed by atoms with Crippen molar-refractivity contribution in [3.8, 4) is 0 Å². The summed E-state index contributed by atoms with van der Waals surface area (Å²) in [5, 5.41) is 2.96. The topological polar surface area (TPSA) is 15.3 Å². The minimum absolute atomic E-state index is 0.218. The zero-order chi connectivity index (χ0) is 12.2. The highest BCUT2D eigenvalue weighted by Crippen LogP contribution is 2.34. The molecule has 0 aromatic carbocycles. The van der Waals surface area contributed by atoms with E-state index in [1.54, 1.807) is 0 Å². The standard InChI is InChI=1S/C11H21F3N2/c1-3-4-7-16(2)8-10-9(5-6-15-10)11(12,13)14/h9-10,15H,3-8H2,1-2H3. The number of nitrogens with zero attached hydrogens (tertiary/aromatic N) is 1. The summed E-state index contributed by atoms with van der Waals surface area (Å²) < 4.78 is 38.0. The van der Waals surface area contributed by atoms with Gasteiger partial charge in [-0.1, -0.05) is 13.3 Å². The first-order valence-electron chi connectivity index (χ1n) is 5.93. The summed E-state index contributed by atoms with van der Waals surface area (Å²) in [6.45, 7) is 3.93. The molecular weight excluding hydrogens is 217 g/mol. The quantitative estimate of drug-likeness (QED) is 0.790. The third-order valence-electron chi connectivity index (χ3n) is 3.17. The van der Waals surface area contributed by atoms with Crippen LogP contribution < -0.4 is 5.32 Å². The second-order valence-corrected chi connectivity index (χ2v) is 4.61. The maximum absolute atomic E-state index is 12.7. The summed E-state index contributed by atoms with van der Waals surface area (Å²) in [6, 6.07) is -0.429. The molecule has 0 radical (unpaired) electrons. The van der Waals surface area contributed by atoms with Gasteiger partial charge in [0, 0.05) is 12.6 Å². The second kappa shape index (κ2) is 5.87. The predicted molar refractivity (Wildman–Crippen MR) is 58.4 cm³/mol. The monoisotopic (exact) mass is 238 g/mol. The van der Waals surface area contributed by atoms with Crippen LogP contribution in [0.3, 0.4) is 0 Å². The summed E-state index contributed by atoms with van der Waals surface area (Å²) in [5.74, 6) is -1.17. The van der Waals surface area contributed by atoms with Crippen molar-refractivity contribution in [3.05, 3.63) is 0 Å². The second-order valence-electron chi connectivity index (χ2n) is 4.61. The molecule has 1 aliphatic rings. The summed E-state index contributed by atoms with van der Waals surface area (Å²) in [4.78, 5) is 1.99. The summed E-state index contributed by atoms with van der Waals surface area (Å²) in [6.07, 6.45) is -1.72. The van der Waals surface area contributed by atoms with Crippen molar-refractivity contribution in [1.82, 2.24) is 10.2 Å². The van der Waals surface area contributed by atoms with E-state index in [4.69, 9.17) is 0 Å². The SMILES string of the molecule is CCCCN(C)CC1NCCC1C(F)(F)F. The molecule has 0 amide bonds. The van der Waals surface area contributed by atoms with Crippen LogP contribution in [0.15, 0.2) is 0 Å².